The summed E-state index contributed by atoms with van der Waals surface area (Å²) in [5, 5.41) is 4.48. The molecule has 3 heterocycles. The minimum absolute atomic E-state index is 0.00200. The number of fused-ring (bicyclic) bond motifs is 1. The minimum atomic E-state index is -0.182. The number of carbonyl (C=O) groups excluding carboxylic acids is 2. The second kappa shape index (κ2) is 6.64. The van der Waals surface area contributed by atoms with E-state index in [1.807, 2.05) is 11.0 Å². The maximum atomic E-state index is 12.7. The molecule has 0 radical (unpaired) electrons. The van der Waals surface area contributed by atoms with Crippen LogP contribution in [-0.4, -0.2) is 47.3 Å². The fourth-order valence-corrected chi connectivity index (χ4v) is 4.18. The zero-order chi connectivity index (χ0) is 17.4. The molecule has 2 aliphatic rings. The molecule has 0 aliphatic carbocycles. The van der Waals surface area contributed by atoms with Crippen LogP contribution in [0.5, 0.6) is 0 Å². The third kappa shape index (κ3) is 3.21. The number of likely N-dealkylation sites (tertiary alicyclic amines) is 1. The van der Waals surface area contributed by atoms with Gasteiger partial charge in [0.1, 0.15) is 5.78 Å². The van der Waals surface area contributed by atoms with Gasteiger partial charge in [-0.25, -0.2) is 0 Å². The number of aromatic nitrogens is 1. The maximum Gasteiger partial charge on any atom is 0.239 e. The first kappa shape index (κ1) is 16.3. The smallest absolute Gasteiger partial charge is 0.239 e. The van der Waals surface area contributed by atoms with Crippen molar-refractivity contribution in [3.05, 3.63) is 36.0 Å². The van der Waals surface area contributed by atoms with Crippen LogP contribution in [0.25, 0.3) is 10.9 Å². The van der Waals surface area contributed by atoms with Crippen molar-refractivity contribution >= 4 is 22.6 Å². The Bertz CT molecular complexity index is 756. The Morgan fingerprint density at radius 2 is 1.92 bits per heavy atom. The van der Waals surface area contributed by atoms with Gasteiger partial charge in [0.05, 0.1) is 6.04 Å². The van der Waals surface area contributed by atoms with Crippen LogP contribution in [0.1, 0.15) is 37.8 Å². The molecule has 2 N–H and O–H groups in total. The lowest BCUT2D eigenvalue weighted by Crippen LogP contribution is -2.46. The van der Waals surface area contributed by atoms with Crippen LogP contribution < -0.4 is 5.32 Å². The molecule has 2 fully saturated rings. The number of H-pyrrole nitrogens is 1. The first-order valence-electron chi connectivity index (χ1n) is 9.22. The highest BCUT2D eigenvalue weighted by Crippen LogP contribution is 2.30. The molecule has 1 aromatic heterocycles. The van der Waals surface area contributed by atoms with E-state index in [-0.39, 0.29) is 23.7 Å². The van der Waals surface area contributed by atoms with Crippen LogP contribution in [0.3, 0.4) is 0 Å². The highest BCUT2D eigenvalue weighted by atomic mass is 16.2. The van der Waals surface area contributed by atoms with Crippen molar-refractivity contribution in [2.75, 3.05) is 19.6 Å². The molecule has 2 atom stereocenters. The number of Topliss-reactive ketones (excluding diaryl/α,β-unsaturated/α-hetero) is 1. The van der Waals surface area contributed by atoms with Gasteiger partial charge in [-0.3, -0.25) is 9.59 Å². The molecule has 2 unspecified atom stereocenters. The van der Waals surface area contributed by atoms with Gasteiger partial charge in [-0.05, 0) is 43.7 Å². The third-order valence-corrected chi connectivity index (χ3v) is 5.80. The molecule has 1 aromatic carbocycles. The Balaban J connectivity index is 1.36. The number of para-hydroxylation sites is 1. The highest BCUT2D eigenvalue weighted by Gasteiger charge is 2.35. The molecule has 5 heteroatoms. The van der Waals surface area contributed by atoms with Crippen molar-refractivity contribution in [2.45, 2.75) is 38.1 Å². The first-order valence-corrected chi connectivity index (χ1v) is 9.22. The number of piperidine rings is 1. The number of hydrogen-bond acceptors (Lipinski definition) is 3. The summed E-state index contributed by atoms with van der Waals surface area (Å²) in [6, 6.07) is 10.4. The number of carbonyl (C=O) groups is 2. The third-order valence-electron chi connectivity index (χ3n) is 5.80. The van der Waals surface area contributed by atoms with E-state index in [0.717, 1.165) is 25.9 Å². The lowest BCUT2D eigenvalue weighted by Gasteiger charge is -2.33. The largest absolute Gasteiger partial charge is 0.358 e. The van der Waals surface area contributed by atoms with Gasteiger partial charge >= 0.3 is 0 Å². The van der Waals surface area contributed by atoms with Crippen molar-refractivity contribution < 1.29 is 9.59 Å². The molecule has 1 amide bonds. The number of rotatable bonds is 3. The quantitative estimate of drug-likeness (QED) is 0.903. The molecule has 0 saturated carbocycles. The van der Waals surface area contributed by atoms with Crippen LogP contribution in [0.2, 0.25) is 0 Å². The van der Waals surface area contributed by atoms with Gasteiger partial charge in [0.25, 0.3) is 0 Å². The van der Waals surface area contributed by atoms with Gasteiger partial charge in [0, 0.05) is 42.7 Å². The van der Waals surface area contributed by atoms with Gasteiger partial charge < -0.3 is 15.2 Å². The molecule has 25 heavy (non-hydrogen) atoms. The van der Waals surface area contributed by atoms with E-state index >= 15 is 0 Å². The molecule has 0 bridgehead atoms. The van der Waals surface area contributed by atoms with E-state index in [9.17, 15) is 9.59 Å². The summed E-state index contributed by atoms with van der Waals surface area (Å²) in [6.07, 6.45) is 2.62. The molecule has 2 aromatic rings. The predicted octanol–water partition coefficient (Wildman–Crippen LogP) is 2.44. The summed E-state index contributed by atoms with van der Waals surface area (Å²) >= 11 is 0. The second-order valence-corrected chi connectivity index (χ2v) is 7.42. The normalized spacial score (nSPS) is 24.8. The highest BCUT2D eigenvalue weighted by molar-refractivity contribution is 5.85. The Kier molecular flexibility index (Phi) is 4.34. The lowest BCUT2D eigenvalue weighted by molar-refractivity contribution is -0.134. The monoisotopic (exact) mass is 339 g/mol. The van der Waals surface area contributed by atoms with Gasteiger partial charge in [0.2, 0.25) is 5.91 Å². The summed E-state index contributed by atoms with van der Waals surface area (Å²) in [4.78, 5) is 29.7. The number of benzene rings is 1. The average molecular weight is 339 g/mol. The van der Waals surface area contributed by atoms with E-state index in [0.29, 0.717) is 18.9 Å². The van der Waals surface area contributed by atoms with E-state index in [1.54, 1.807) is 6.92 Å². The van der Waals surface area contributed by atoms with Crippen LogP contribution in [0, 0.1) is 5.92 Å². The summed E-state index contributed by atoms with van der Waals surface area (Å²) < 4.78 is 0. The van der Waals surface area contributed by atoms with E-state index in [2.05, 4.69) is 34.6 Å². The van der Waals surface area contributed by atoms with Crippen LogP contribution >= 0.6 is 0 Å². The molecular formula is C20H25N3O2. The fraction of sp³-hybridized carbons (Fsp3) is 0.500. The summed E-state index contributed by atoms with van der Waals surface area (Å²) in [6.45, 7) is 3.84. The van der Waals surface area contributed by atoms with Crippen molar-refractivity contribution in [2.24, 2.45) is 5.92 Å². The van der Waals surface area contributed by atoms with Gasteiger partial charge in [-0.15, -0.1) is 0 Å². The van der Waals surface area contributed by atoms with Gasteiger partial charge in [0.15, 0.2) is 0 Å². The molecule has 2 saturated heterocycles. The Morgan fingerprint density at radius 1 is 1.16 bits per heavy atom. The lowest BCUT2D eigenvalue weighted by atomic mass is 9.93. The van der Waals surface area contributed by atoms with Crippen LogP contribution in [0.4, 0.5) is 0 Å². The fourth-order valence-electron chi connectivity index (χ4n) is 4.18. The van der Waals surface area contributed by atoms with Gasteiger partial charge in [-0.2, -0.15) is 0 Å². The average Bonchev–Trinajstić information content (AvgIpc) is 3.28. The van der Waals surface area contributed by atoms with Crippen molar-refractivity contribution in [1.82, 2.24) is 15.2 Å². The van der Waals surface area contributed by atoms with Crippen molar-refractivity contribution in [3.8, 4) is 0 Å². The number of ketones is 1. The van der Waals surface area contributed by atoms with E-state index in [1.165, 1.54) is 16.6 Å². The zero-order valence-corrected chi connectivity index (χ0v) is 14.6. The molecule has 132 valence electrons. The first-order chi connectivity index (χ1) is 12.1. The maximum absolute atomic E-state index is 12.7. The molecule has 5 nitrogen and oxygen atoms in total. The summed E-state index contributed by atoms with van der Waals surface area (Å²) in [7, 11) is 0. The second-order valence-electron chi connectivity index (χ2n) is 7.42. The minimum Gasteiger partial charge on any atom is -0.358 e. The topological polar surface area (TPSA) is 65.2 Å². The Labute approximate surface area is 147 Å². The summed E-state index contributed by atoms with van der Waals surface area (Å²) in [5.41, 5.74) is 2.46. The number of amides is 1. The molecule has 0 spiro atoms. The van der Waals surface area contributed by atoms with Crippen LogP contribution in [0.15, 0.2) is 30.3 Å². The number of nitrogens with one attached hydrogen (secondary N) is 2. The standard InChI is InChI=1S/C20H25N3O2/c1-13(24)16-11-19(21-12-16)20(25)23-8-6-14(7-9-23)18-10-15-4-2-3-5-17(15)22-18/h2-5,10,14,16,19,21-22H,6-9,11-12H2,1H3. The predicted molar refractivity (Wildman–Crippen MR) is 97.4 cm³/mol. The van der Waals surface area contributed by atoms with Crippen molar-refractivity contribution in [1.29, 1.82) is 0 Å². The number of nitrogens with zero attached hydrogens (tertiary/aromatic N) is 1. The Morgan fingerprint density at radius 3 is 2.60 bits per heavy atom. The van der Waals surface area contributed by atoms with Crippen LogP contribution in [-0.2, 0) is 9.59 Å². The zero-order valence-electron chi connectivity index (χ0n) is 14.6. The Hall–Kier alpha value is -2.14. The van der Waals surface area contributed by atoms with E-state index in [4.69, 9.17) is 0 Å². The van der Waals surface area contributed by atoms with Gasteiger partial charge in [-0.1, -0.05) is 18.2 Å². The molecular weight excluding hydrogens is 314 g/mol. The van der Waals surface area contributed by atoms with Crippen molar-refractivity contribution in [3.63, 3.8) is 0 Å². The summed E-state index contributed by atoms with van der Waals surface area (Å²) in [5.74, 6) is 0.829. The number of hydrogen-bond donors (Lipinski definition) is 2. The number of aromatic amines is 1. The molecule has 2 aliphatic heterocycles. The molecule has 4 rings (SSSR count). The SMILES string of the molecule is CC(=O)C1CNC(C(=O)N2CCC(c3cc4ccccc4[nH]3)CC2)C1. The van der Waals surface area contributed by atoms with E-state index < -0.39 is 0 Å².